The molecule has 0 bridgehead atoms. The molecule has 3 N–H and O–H groups in total. The van der Waals surface area contributed by atoms with Crippen LogP contribution in [0.3, 0.4) is 0 Å². The fourth-order valence-electron chi connectivity index (χ4n) is 1.55. The second-order valence-corrected chi connectivity index (χ2v) is 6.11. The molecule has 6 nitrogen and oxygen atoms in total. The van der Waals surface area contributed by atoms with Crippen LogP contribution in [0.2, 0.25) is 0 Å². The van der Waals surface area contributed by atoms with Gasteiger partial charge in [0.05, 0.1) is 11.4 Å². The first-order valence-corrected chi connectivity index (χ1v) is 7.38. The Bertz CT molecular complexity index is 543. The van der Waals surface area contributed by atoms with Crippen molar-refractivity contribution in [2.75, 3.05) is 20.1 Å². The molecule has 0 atom stereocenters. The molecule has 1 amide bonds. The first kappa shape index (κ1) is 15.6. The van der Waals surface area contributed by atoms with Gasteiger partial charge in [-0.05, 0) is 24.6 Å². The molecule has 0 saturated carbocycles. The Morgan fingerprint density at radius 1 is 1.42 bits per heavy atom. The highest BCUT2D eigenvalue weighted by Gasteiger charge is 2.22. The van der Waals surface area contributed by atoms with E-state index in [1.165, 1.54) is 19.2 Å². The molecule has 0 saturated heterocycles. The molecule has 0 aliphatic heterocycles. The summed E-state index contributed by atoms with van der Waals surface area (Å²) in [5.41, 5.74) is 6.21. The second-order valence-electron chi connectivity index (χ2n) is 4.07. The number of nitrogens with one attached hydrogen (secondary N) is 1. The van der Waals surface area contributed by atoms with E-state index in [4.69, 9.17) is 5.73 Å². The highest BCUT2D eigenvalue weighted by Crippen LogP contribution is 2.15. The number of sulfonamides is 1. The SMILES string of the molecule is CCNC(=O)CN(C)S(=O)(=O)c1cccc(CN)c1. The lowest BCUT2D eigenvalue weighted by atomic mass is 10.2. The standard InChI is InChI=1S/C12H19N3O3S/c1-3-14-12(16)9-15(2)19(17,18)11-6-4-5-10(7-11)8-13/h4-7H,3,8-9,13H2,1-2H3,(H,14,16). The van der Waals surface area contributed by atoms with Gasteiger partial charge in [0.25, 0.3) is 0 Å². The normalized spacial score (nSPS) is 11.6. The van der Waals surface area contributed by atoms with Gasteiger partial charge in [-0.3, -0.25) is 4.79 Å². The van der Waals surface area contributed by atoms with Gasteiger partial charge in [-0.25, -0.2) is 8.42 Å². The summed E-state index contributed by atoms with van der Waals surface area (Å²) in [5.74, 6) is -0.330. The molecule has 106 valence electrons. The summed E-state index contributed by atoms with van der Waals surface area (Å²) < 4.78 is 25.5. The summed E-state index contributed by atoms with van der Waals surface area (Å²) in [6.45, 7) is 2.30. The first-order valence-electron chi connectivity index (χ1n) is 5.93. The predicted molar refractivity (Wildman–Crippen MR) is 72.8 cm³/mol. The Morgan fingerprint density at radius 3 is 2.68 bits per heavy atom. The number of hydrogen-bond donors (Lipinski definition) is 2. The Hall–Kier alpha value is -1.44. The number of carbonyl (C=O) groups is 1. The Morgan fingerprint density at radius 2 is 2.11 bits per heavy atom. The molecule has 0 radical (unpaired) electrons. The molecule has 1 aromatic rings. The third kappa shape index (κ3) is 4.02. The van der Waals surface area contributed by atoms with Crippen LogP contribution >= 0.6 is 0 Å². The smallest absolute Gasteiger partial charge is 0.243 e. The molecule has 0 aliphatic rings. The van der Waals surface area contributed by atoms with E-state index in [0.29, 0.717) is 6.54 Å². The number of amides is 1. The quantitative estimate of drug-likeness (QED) is 0.763. The maximum Gasteiger partial charge on any atom is 0.243 e. The highest BCUT2D eigenvalue weighted by molar-refractivity contribution is 7.89. The lowest BCUT2D eigenvalue weighted by Gasteiger charge is -2.17. The Labute approximate surface area is 113 Å². The van der Waals surface area contributed by atoms with Crippen LogP contribution in [0.1, 0.15) is 12.5 Å². The van der Waals surface area contributed by atoms with Gasteiger partial charge >= 0.3 is 0 Å². The van der Waals surface area contributed by atoms with Crippen molar-refractivity contribution in [2.45, 2.75) is 18.4 Å². The minimum atomic E-state index is -3.67. The van der Waals surface area contributed by atoms with Gasteiger partial charge in [-0.1, -0.05) is 12.1 Å². The van der Waals surface area contributed by atoms with Crippen LogP contribution < -0.4 is 11.1 Å². The van der Waals surface area contributed by atoms with Crippen molar-refractivity contribution in [2.24, 2.45) is 5.73 Å². The maximum atomic E-state index is 12.2. The van der Waals surface area contributed by atoms with Gasteiger partial charge in [0, 0.05) is 20.1 Å². The van der Waals surface area contributed by atoms with E-state index in [1.807, 2.05) is 0 Å². The average Bonchev–Trinajstić information content (AvgIpc) is 2.38. The number of likely N-dealkylation sites (N-methyl/N-ethyl adjacent to an activating group) is 2. The minimum absolute atomic E-state index is 0.141. The molecule has 1 aromatic carbocycles. The van der Waals surface area contributed by atoms with Crippen LogP contribution in [-0.2, 0) is 21.4 Å². The molecule has 0 aliphatic carbocycles. The first-order chi connectivity index (χ1) is 8.91. The van der Waals surface area contributed by atoms with Gasteiger partial charge in [-0.15, -0.1) is 0 Å². The Balaban J connectivity index is 2.93. The van der Waals surface area contributed by atoms with Gasteiger partial charge in [0.15, 0.2) is 0 Å². The van der Waals surface area contributed by atoms with Crippen molar-refractivity contribution in [3.05, 3.63) is 29.8 Å². The van der Waals surface area contributed by atoms with Crippen molar-refractivity contribution in [1.29, 1.82) is 0 Å². The van der Waals surface area contributed by atoms with Gasteiger partial charge in [-0.2, -0.15) is 4.31 Å². The van der Waals surface area contributed by atoms with E-state index in [1.54, 1.807) is 19.1 Å². The lowest BCUT2D eigenvalue weighted by molar-refractivity contribution is -0.121. The van der Waals surface area contributed by atoms with Crippen molar-refractivity contribution >= 4 is 15.9 Å². The predicted octanol–water partition coefficient (Wildman–Crippen LogP) is -0.0981. The number of rotatable bonds is 6. The molecule has 0 spiro atoms. The van der Waals surface area contributed by atoms with Crippen LogP contribution in [0, 0.1) is 0 Å². The largest absolute Gasteiger partial charge is 0.355 e. The van der Waals surface area contributed by atoms with E-state index in [2.05, 4.69) is 5.32 Å². The summed E-state index contributed by atoms with van der Waals surface area (Å²) in [4.78, 5) is 11.6. The number of benzene rings is 1. The topological polar surface area (TPSA) is 92.5 Å². The summed E-state index contributed by atoms with van der Waals surface area (Å²) >= 11 is 0. The zero-order chi connectivity index (χ0) is 14.5. The van der Waals surface area contributed by atoms with Gasteiger partial charge < -0.3 is 11.1 Å². The van der Waals surface area contributed by atoms with Crippen LogP contribution in [0.25, 0.3) is 0 Å². The lowest BCUT2D eigenvalue weighted by Crippen LogP contribution is -2.38. The molecule has 0 heterocycles. The molecule has 1 rings (SSSR count). The van der Waals surface area contributed by atoms with E-state index in [0.717, 1.165) is 9.87 Å². The third-order valence-corrected chi connectivity index (χ3v) is 4.38. The number of nitrogens with two attached hydrogens (primary N) is 1. The highest BCUT2D eigenvalue weighted by atomic mass is 32.2. The van der Waals surface area contributed by atoms with Crippen molar-refractivity contribution in [3.63, 3.8) is 0 Å². The fraction of sp³-hybridized carbons (Fsp3) is 0.417. The fourth-order valence-corrected chi connectivity index (χ4v) is 2.75. The van der Waals surface area contributed by atoms with Gasteiger partial charge in [0.1, 0.15) is 0 Å². The molecular formula is C12H19N3O3S. The number of hydrogen-bond acceptors (Lipinski definition) is 4. The van der Waals surface area contributed by atoms with E-state index in [9.17, 15) is 13.2 Å². The second kappa shape index (κ2) is 6.65. The summed E-state index contributed by atoms with van der Waals surface area (Å²) in [6, 6.07) is 6.39. The third-order valence-electron chi connectivity index (χ3n) is 2.58. The van der Waals surface area contributed by atoms with Crippen LogP contribution in [0.5, 0.6) is 0 Å². The zero-order valence-corrected chi connectivity index (χ0v) is 11.9. The van der Waals surface area contributed by atoms with Crippen molar-refractivity contribution in [1.82, 2.24) is 9.62 Å². The molecule has 0 fully saturated rings. The summed E-state index contributed by atoms with van der Waals surface area (Å²) in [7, 11) is -2.29. The number of carbonyl (C=O) groups excluding carboxylic acids is 1. The van der Waals surface area contributed by atoms with E-state index in [-0.39, 0.29) is 23.9 Å². The molecule has 7 heteroatoms. The summed E-state index contributed by atoms with van der Waals surface area (Å²) in [6.07, 6.45) is 0. The van der Waals surface area contributed by atoms with Gasteiger partial charge in [0.2, 0.25) is 15.9 Å². The van der Waals surface area contributed by atoms with E-state index >= 15 is 0 Å². The number of nitrogens with zero attached hydrogens (tertiary/aromatic N) is 1. The van der Waals surface area contributed by atoms with E-state index < -0.39 is 10.0 Å². The van der Waals surface area contributed by atoms with Crippen LogP contribution in [-0.4, -0.2) is 38.8 Å². The monoisotopic (exact) mass is 285 g/mol. The van der Waals surface area contributed by atoms with Crippen LogP contribution in [0.4, 0.5) is 0 Å². The van der Waals surface area contributed by atoms with Crippen LogP contribution in [0.15, 0.2) is 29.2 Å². The summed E-state index contributed by atoms with van der Waals surface area (Å²) in [5, 5.41) is 2.56. The molecule has 0 unspecified atom stereocenters. The van der Waals surface area contributed by atoms with Crippen molar-refractivity contribution < 1.29 is 13.2 Å². The average molecular weight is 285 g/mol. The Kier molecular flexibility index (Phi) is 5.46. The van der Waals surface area contributed by atoms with Crippen molar-refractivity contribution in [3.8, 4) is 0 Å². The molecule has 19 heavy (non-hydrogen) atoms. The minimum Gasteiger partial charge on any atom is -0.355 e. The molecule has 0 aromatic heterocycles. The molecular weight excluding hydrogens is 266 g/mol. The maximum absolute atomic E-state index is 12.2. The zero-order valence-electron chi connectivity index (χ0n) is 11.1.